The van der Waals surface area contributed by atoms with Gasteiger partial charge >= 0.3 is 5.97 Å². The van der Waals surface area contributed by atoms with E-state index in [1.54, 1.807) is 0 Å². The molecule has 1 atom stereocenters. The van der Waals surface area contributed by atoms with E-state index >= 15 is 0 Å². The second kappa shape index (κ2) is 7.48. The lowest BCUT2D eigenvalue weighted by atomic mass is 9.89. The first-order chi connectivity index (χ1) is 7.72. The fourth-order valence-corrected chi connectivity index (χ4v) is 2.44. The number of aliphatic carboxylic acids is 1. The first-order valence-electron chi connectivity index (χ1n) is 6.62. The zero-order valence-corrected chi connectivity index (χ0v) is 10.2. The van der Waals surface area contributed by atoms with Crippen LogP contribution in [0.4, 0.5) is 0 Å². The van der Waals surface area contributed by atoms with Crippen LogP contribution in [-0.4, -0.2) is 11.1 Å². The summed E-state index contributed by atoms with van der Waals surface area (Å²) < 4.78 is 0. The highest BCUT2D eigenvalue weighted by atomic mass is 16.4. The zero-order chi connectivity index (χ0) is 11.8. The molecule has 1 unspecified atom stereocenters. The summed E-state index contributed by atoms with van der Waals surface area (Å²) in [4.78, 5) is 11.1. The Kier molecular flexibility index (Phi) is 6.20. The SMILES string of the molecule is C=C1CCCCCCCCCCC1C(=O)O. The van der Waals surface area contributed by atoms with Gasteiger partial charge in [0.1, 0.15) is 0 Å². The number of carboxylic acids is 1. The largest absolute Gasteiger partial charge is 0.481 e. The standard InChI is InChI=1S/C14H24O2/c1-12-10-8-6-4-2-3-5-7-9-11-13(12)14(15)16/h13H,1-11H2,(H,15,16). The van der Waals surface area contributed by atoms with Gasteiger partial charge in [-0.25, -0.2) is 0 Å². The lowest BCUT2D eigenvalue weighted by Gasteiger charge is -2.16. The maximum Gasteiger partial charge on any atom is 0.310 e. The Labute approximate surface area is 98.7 Å². The number of hydrogen-bond acceptors (Lipinski definition) is 1. The van der Waals surface area contributed by atoms with Crippen LogP contribution in [0.3, 0.4) is 0 Å². The van der Waals surface area contributed by atoms with Crippen LogP contribution >= 0.6 is 0 Å². The molecule has 1 aliphatic rings. The van der Waals surface area contributed by atoms with Crippen molar-refractivity contribution in [3.63, 3.8) is 0 Å². The third kappa shape index (κ3) is 4.82. The normalized spacial score (nSPS) is 25.5. The van der Waals surface area contributed by atoms with Gasteiger partial charge in [0, 0.05) is 0 Å². The van der Waals surface area contributed by atoms with Crippen LogP contribution in [0.2, 0.25) is 0 Å². The minimum Gasteiger partial charge on any atom is -0.481 e. The summed E-state index contributed by atoms with van der Waals surface area (Å²) in [5, 5.41) is 9.15. The summed E-state index contributed by atoms with van der Waals surface area (Å²) in [6, 6.07) is 0. The molecule has 1 saturated carbocycles. The van der Waals surface area contributed by atoms with Gasteiger partial charge in [-0.05, 0) is 19.3 Å². The van der Waals surface area contributed by atoms with E-state index in [0.29, 0.717) is 0 Å². The van der Waals surface area contributed by atoms with Crippen LogP contribution < -0.4 is 0 Å². The van der Waals surface area contributed by atoms with E-state index < -0.39 is 5.97 Å². The van der Waals surface area contributed by atoms with E-state index in [1.165, 1.54) is 38.5 Å². The van der Waals surface area contributed by atoms with Crippen LogP contribution in [0.1, 0.15) is 64.2 Å². The van der Waals surface area contributed by atoms with Crippen molar-refractivity contribution in [2.75, 3.05) is 0 Å². The molecule has 1 aliphatic carbocycles. The first-order valence-corrected chi connectivity index (χ1v) is 6.62. The highest BCUT2D eigenvalue weighted by Crippen LogP contribution is 2.24. The van der Waals surface area contributed by atoms with Gasteiger partial charge in [0.15, 0.2) is 0 Å². The molecule has 0 aromatic heterocycles. The average molecular weight is 224 g/mol. The summed E-state index contributed by atoms with van der Waals surface area (Å²) in [5.74, 6) is -0.971. The monoisotopic (exact) mass is 224 g/mol. The lowest BCUT2D eigenvalue weighted by molar-refractivity contribution is -0.140. The molecule has 1 fully saturated rings. The lowest BCUT2D eigenvalue weighted by Crippen LogP contribution is -2.16. The maximum atomic E-state index is 11.1. The van der Waals surface area contributed by atoms with Crippen molar-refractivity contribution >= 4 is 5.97 Å². The Morgan fingerprint density at radius 1 is 1.00 bits per heavy atom. The molecule has 0 spiro atoms. The van der Waals surface area contributed by atoms with Crippen molar-refractivity contribution < 1.29 is 9.90 Å². The van der Waals surface area contributed by atoms with E-state index in [-0.39, 0.29) is 5.92 Å². The van der Waals surface area contributed by atoms with Crippen molar-refractivity contribution in [2.45, 2.75) is 64.2 Å². The number of carbonyl (C=O) groups is 1. The Morgan fingerprint density at radius 2 is 1.50 bits per heavy atom. The molecule has 2 nitrogen and oxygen atoms in total. The minimum absolute atomic E-state index is 0.292. The second-order valence-electron chi connectivity index (χ2n) is 4.92. The molecule has 92 valence electrons. The van der Waals surface area contributed by atoms with E-state index in [0.717, 1.165) is 31.3 Å². The van der Waals surface area contributed by atoms with Gasteiger partial charge in [-0.15, -0.1) is 0 Å². The third-order valence-corrected chi connectivity index (χ3v) is 3.53. The predicted molar refractivity (Wildman–Crippen MR) is 66.4 cm³/mol. The summed E-state index contributed by atoms with van der Waals surface area (Å²) in [5.41, 5.74) is 0.938. The van der Waals surface area contributed by atoms with Gasteiger partial charge in [0.25, 0.3) is 0 Å². The molecule has 1 N–H and O–H groups in total. The van der Waals surface area contributed by atoms with Crippen LogP contribution in [0.15, 0.2) is 12.2 Å². The quantitative estimate of drug-likeness (QED) is 0.679. The van der Waals surface area contributed by atoms with Crippen molar-refractivity contribution in [1.82, 2.24) is 0 Å². The van der Waals surface area contributed by atoms with Crippen molar-refractivity contribution in [3.8, 4) is 0 Å². The first kappa shape index (κ1) is 13.3. The van der Waals surface area contributed by atoms with E-state index in [2.05, 4.69) is 6.58 Å². The molecule has 0 aliphatic heterocycles. The number of carboxylic acid groups (broad SMARTS) is 1. The second-order valence-corrected chi connectivity index (χ2v) is 4.92. The molecule has 0 bridgehead atoms. The van der Waals surface area contributed by atoms with E-state index in [4.69, 9.17) is 5.11 Å². The molecule has 0 saturated heterocycles. The molecule has 0 radical (unpaired) electrons. The average Bonchev–Trinajstić information content (AvgIpc) is 2.22. The Morgan fingerprint density at radius 3 is 2.06 bits per heavy atom. The van der Waals surface area contributed by atoms with Gasteiger partial charge < -0.3 is 5.11 Å². The van der Waals surface area contributed by atoms with Gasteiger partial charge in [-0.3, -0.25) is 4.79 Å². The highest BCUT2D eigenvalue weighted by Gasteiger charge is 2.20. The van der Waals surface area contributed by atoms with Gasteiger partial charge in [-0.2, -0.15) is 0 Å². The number of hydrogen-bond donors (Lipinski definition) is 1. The van der Waals surface area contributed by atoms with Gasteiger partial charge in [0.05, 0.1) is 5.92 Å². The zero-order valence-electron chi connectivity index (χ0n) is 10.2. The molecular weight excluding hydrogens is 200 g/mol. The minimum atomic E-state index is -0.679. The van der Waals surface area contributed by atoms with Crippen LogP contribution in [0.25, 0.3) is 0 Å². The molecule has 16 heavy (non-hydrogen) atoms. The van der Waals surface area contributed by atoms with Crippen LogP contribution in [0.5, 0.6) is 0 Å². The molecule has 1 rings (SSSR count). The van der Waals surface area contributed by atoms with Crippen LogP contribution in [-0.2, 0) is 4.79 Å². The van der Waals surface area contributed by atoms with Crippen molar-refractivity contribution in [2.24, 2.45) is 5.92 Å². The Bertz CT molecular complexity index is 233. The van der Waals surface area contributed by atoms with E-state index in [9.17, 15) is 4.79 Å². The number of rotatable bonds is 1. The Balaban J connectivity index is 2.46. The smallest absolute Gasteiger partial charge is 0.310 e. The summed E-state index contributed by atoms with van der Waals surface area (Å²) in [6.07, 6.45) is 11.5. The van der Waals surface area contributed by atoms with Gasteiger partial charge in [-0.1, -0.05) is 57.1 Å². The summed E-state index contributed by atoms with van der Waals surface area (Å²) in [6.45, 7) is 3.96. The van der Waals surface area contributed by atoms with Crippen molar-refractivity contribution in [1.29, 1.82) is 0 Å². The topological polar surface area (TPSA) is 37.3 Å². The van der Waals surface area contributed by atoms with Gasteiger partial charge in [0.2, 0.25) is 0 Å². The molecule has 0 heterocycles. The maximum absolute atomic E-state index is 11.1. The molecule has 0 amide bonds. The predicted octanol–water partition coefficient (Wildman–Crippen LogP) is 4.16. The van der Waals surface area contributed by atoms with E-state index in [1.807, 2.05) is 0 Å². The molecule has 0 aromatic carbocycles. The fraction of sp³-hybridized carbons (Fsp3) is 0.786. The summed E-state index contributed by atoms with van der Waals surface area (Å²) >= 11 is 0. The van der Waals surface area contributed by atoms with Crippen molar-refractivity contribution in [3.05, 3.63) is 12.2 Å². The Hall–Kier alpha value is -0.790. The highest BCUT2D eigenvalue weighted by molar-refractivity contribution is 5.73. The summed E-state index contributed by atoms with van der Waals surface area (Å²) in [7, 11) is 0. The molecular formula is C14H24O2. The molecule has 0 aromatic rings. The fourth-order valence-electron chi connectivity index (χ4n) is 2.44. The van der Waals surface area contributed by atoms with Crippen LogP contribution in [0, 0.1) is 5.92 Å². The molecule has 2 heteroatoms. The third-order valence-electron chi connectivity index (χ3n) is 3.53.